The zero-order valence-electron chi connectivity index (χ0n) is 16.1. The Morgan fingerprint density at radius 2 is 1.55 bits per heavy atom. The van der Waals surface area contributed by atoms with Gasteiger partial charge in [0.05, 0.1) is 21.3 Å². The fraction of sp³-hybridized carbons (Fsp3) is 0.136. The number of benzene rings is 2. The molecule has 0 saturated heterocycles. The fourth-order valence-electron chi connectivity index (χ4n) is 3.23. The van der Waals surface area contributed by atoms with E-state index in [0.29, 0.717) is 39.8 Å². The van der Waals surface area contributed by atoms with Gasteiger partial charge in [-0.2, -0.15) is 0 Å². The van der Waals surface area contributed by atoms with Crippen molar-refractivity contribution in [3.63, 3.8) is 0 Å². The zero-order chi connectivity index (χ0) is 20.4. The molecule has 4 aromatic rings. The van der Waals surface area contributed by atoms with Gasteiger partial charge in [-0.3, -0.25) is 4.98 Å². The predicted molar refractivity (Wildman–Crippen MR) is 110 cm³/mol. The average Bonchev–Trinajstić information content (AvgIpc) is 3.22. The normalized spacial score (nSPS) is 10.7. The van der Waals surface area contributed by atoms with Gasteiger partial charge in [-0.05, 0) is 41.1 Å². The number of methoxy groups -OCH3 is 3. The van der Waals surface area contributed by atoms with E-state index in [0.717, 1.165) is 16.7 Å². The first kappa shape index (κ1) is 18.5. The first-order valence-corrected chi connectivity index (χ1v) is 8.81. The third-order valence-corrected chi connectivity index (χ3v) is 4.64. The lowest BCUT2D eigenvalue weighted by Crippen LogP contribution is -1.95. The lowest BCUT2D eigenvalue weighted by molar-refractivity contribution is 0.324. The minimum Gasteiger partial charge on any atom is -0.493 e. The molecule has 0 aliphatic heterocycles. The van der Waals surface area contributed by atoms with Crippen LogP contribution in [0.5, 0.6) is 17.2 Å². The Hall–Kier alpha value is -3.87. The Kier molecular flexibility index (Phi) is 4.87. The van der Waals surface area contributed by atoms with Crippen LogP contribution < -0.4 is 14.2 Å². The lowest BCUT2D eigenvalue weighted by atomic mass is 10.1. The molecular formula is C22H18N2O5. The van der Waals surface area contributed by atoms with Crippen LogP contribution in [0.25, 0.3) is 33.6 Å². The largest absolute Gasteiger partial charge is 0.493 e. The zero-order valence-corrected chi connectivity index (χ0v) is 16.1. The van der Waals surface area contributed by atoms with E-state index in [1.54, 1.807) is 39.7 Å². The van der Waals surface area contributed by atoms with E-state index in [9.17, 15) is 4.91 Å². The first-order valence-electron chi connectivity index (χ1n) is 8.81. The van der Waals surface area contributed by atoms with Gasteiger partial charge in [0.15, 0.2) is 17.1 Å². The van der Waals surface area contributed by atoms with Crippen molar-refractivity contribution in [2.45, 2.75) is 0 Å². The summed E-state index contributed by atoms with van der Waals surface area (Å²) in [6.07, 6.45) is 1.72. The van der Waals surface area contributed by atoms with Crippen molar-refractivity contribution in [3.8, 4) is 39.7 Å². The highest BCUT2D eigenvalue weighted by atomic mass is 16.5. The number of hydrogen-bond acceptors (Lipinski definition) is 7. The molecule has 0 unspecified atom stereocenters. The average molecular weight is 390 g/mol. The van der Waals surface area contributed by atoms with Crippen LogP contribution in [0, 0.1) is 4.91 Å². The molecule has 0 spiro atoms. The molecule has 0 fully saturated rings. The number of nitroso groups, excluding NO2 is 1. The van der Waals surface area contributed by atoms with E-state index >= 15 is 0 Å². The van der Waals surface area contributed by atoms with Gasteiger partial charge >= 0.3 is 0 Å². The highest BCUT2D eigenvalue weighted by Gasteiger charge is 2.18. The number of pyridine rings is 1. The summed E-state index contributed by atoms with van der Waals surface area (Å²) in [5.74, 6) is 2.20. The summed E-state index contributed by atoms with van der Waals surface area (Å²) < 4.78 is 22.4. The maximum Gasteiger partial charge on any atom is 0.203 e. The second-order valence-corrected chi connectivity index (χ2v) is 6.24. The van der Waals surface area contributed by atoms with E-state index in [1.165, 1.54) is 0 Å². The molecule has 0 N–H and O–H groups in total. The van der Waals surface area contributed by atoms with Gasteiger partial charge in [-0.25, -0.2) is 0 Å². The second kappa shape index (κ2) is 7.63. The van der Waals surface area contributed by atoms with Crippen molar-refractivity contribution in [1.82, 2.24) is 4.98 Å². The lowest BCUT2D eigenvalue weighted by Gasteiger charge is -2.13. The fourth-order valence-corrected chi connectivity index (χ4v) is 3.23. The molecular weight excluding hydrogens is 372 g/mol. The Bertz CT molecular complexity index is 1160. The molecule has 2 aromatic heterocycles. The summed E-state index contributed by atoms with van der Waals surface area (Å²) in [6, 6.07) is 14.4. The Labute approximate surface area is 166 Å². The molecule has 0 atom stereocenters. The number of aromatic nitrogens is 1. The standard InChI is InChI=1S/C22H18N2O5/c1-26-19-10-14(11-20(27-2)22(19)28-3)18-12-17-21(29-18)16(8-9-23-17)13-4-6-15(24-25)7-5-13/h4-12H,1-3H3. The Morgan fingerprint density at radius 3 is 2.14 bits per heavy atom. The van der Waals surface area contributed by atoms with Crippen molar-refractivity contribution in [2.24, 2.45) is 5.18 Å². The number of furan rings is 1. The summed E-state index contributed by atoms with van der Waals surface area (Å²) in [6.45, 7) is 0. The molecule has 0 aliphatic carbocycles. The van der Waals surface area contributed by atoms with E-state index in [2.05, 4.69) is 10.2 Å². The van der Waals surface area contributed by atoms with Crippen molar-refractivity contribution in [1.29, 1.82) is 0 Å². The maximum atomic E-state index is 10.7. The SMILES string of the molecule is COc1cc(-c2cc3nccc(-c4ccc(N=O)cc4)c3o2)cc(OC)c1OC. The predicted octanol–water partition coefficient (Wildman–Crippen LogP) is 5.59. The van der Waals surface area contributed by atoms with Crippen LogP contribution in [0.1, 0.15) is 0 Å². The van der Waals surface area contributed by atoms with Crippen molar-refractivity contribution in [2.75, 3.05) is 21.3 Å². The molecule has 146 valence electrons. The minimum absolute atomic E-state index is 0.372. The van der Waals surface area contributed by atoms with Gasteiger partial charge in [-0.1, -0.05) is 12.1 Å². The summed E-state index contributed by atoms with van der Waals surface area (Å²) in [4.78, 5) is 15.1. The van der Waals surface area contributed by atoms with Crippen LogP contribution in [0.2, 0.25) is 0 Å². The summed E-state index contributed by atoms with van der Waals surface area (Å²) >= 11 is 0. The van der Waals surface area contributed by atoms with Gasteiger partial charge in [0, 0.05) is 23.4 Å². The molecule has 0 saturated carbocycles. The Balaban J connectivity index is 1.85. The van der Waals surface area contributed by atoms with Crippen LogP contribution in [0.15, 0.2) is 64.3 Å². The Morgan fingerprint density at radius 1 is 0.862 bits per heavy atom. The van der Waals surface area contributed by atoms with Crippen LogP contribution in [-0.4, -0.2) is 26.3 Å². The molecule has 7 nitrogen and oxygen atoms in total. The van der Waals surface area contributed by atoms with Crippen molar-refractivity contribution < 1.29 is 18.6 Å². The van der Waals surface area contributed by atoms with E-state index in [4.69, 9.17) is 18.6 Å². The molecule has 0 bridgehead atoms. The van der Waals surface area contributed by atoms with Gasteiger partial charge in [0.25, 0.3) is 0 Å². The molecule has 0 aliphatic rings. The van der Waals surface area contributed by atoms with Gasteiger partial charge in [0.1, 0.15) is 17.0 Å². The maximum absolute atomic E-state index is 10.7. The van der Waals surface area contributed by atoms with E-state index in [-0.39, 0.29) is 0 Å². The van der Waals surface area contributed by atoms with E-state index < -0.39 is 0 Å². The summed E-state index contributed by atoms with van der Waals surface area (Å²) in [7, 11) is 4.69. The summed E-state index contributed by atoms with van der Waals surface area (Å²) in [5, 5.41) is 2.94. The van der Waals surface area contributed by atoms with Crippen LogP contribution in [-0.2, 0) is 0 Å². The third kappa shape index (κ3) is 3.27. The highest BCUT2D eigenvalue weighted by molar-refractivity contribution is 5.92. The number of rotatable bonds is 6. The number of nitrogens with zero attached hydrogens (tertiary/aromatic N) is 2. The van der Waals surface area contributed by atoms with Gasteiger partial charge in [-0.15, -0.1) is 4.91 Å². The molecule has 29 heavy (non-hydrogen) atoms. The first-order chi connectivity index (χ1) is 14.2. The number of hydrogen-bond donors (Lipinski definition) is 0. The monoisotopic (exact) mass is 390 g/mol. The molecule has 2 aromatic carbocycles. The smallest absolute Gasteiger partial charge is 0.203 e. The molecule has 4 rings (SSSR count). The third-order valence-electron chi connectivity index (χ3n) is 4.64. The number of ether oxygens (including phenoxy) is 3. The second-order valence-electron chi connectivity index (χ2n) is 6.24. The summed E-state index contributed by atoms with van der Waals surface area (Å²) in [5.41, 5.74) is 4.26. The van der Waals surface area contributed by atoms with Crippen LogP contribution in [0.4, 0.5) is 5.69 Å². The van der Waals surface area contributed by atoms with E-state index in [1.807, 2.05) is 36.4 Å². The van der Waals surface area contributed by atoms with Crippen molar-refractivity contribution in [3.05, 3.63) is 59.6 Å². The van der Waals surface area contributed by atoms with Gasteiger partial charge in [0.2, 0.25) is 5.75 Å². The van der Waals surface area contributed by atoms with Crippen LogP contribution >= 0.6 is 0 Å². The minimum atomic E-state index is 0.372. The topological polar surface area (TPSA) is 83.2 Å². The van der Waals surface area contributed by atoms with Crippen molar-refractivity contribution >= 4 is 16.8 Å². The molecule has 0 amide bonds. The quantitative estimate of drug-likeness (QED) is 0.399. The molecule has 2 heterocycles. The highest BCUT2D eigenvalue weighted by Crippen LogP contribution is 2.42. The molecule has 0 radical (unpaired) electrons. The van der Waals surface area contributed by atoms with Crippen LogP contribution in [0.3, 0.4) is 0 Å². The molecule has 7 heteroatoms. The number of fused-ring (bicyclic) bond motifs is 1. The van der Waals surface area contributed by atoms with Gasteiger partial charge < -0.3 is 18.6 Å².